The number of aromatic nitrogens is 1. The average molecular weight is 365 g/mol. The van der Waals surface area contributed by atoms with E-state index in [-0.39, 0.29) is 0 Å². The molecule has 0 fully saturated rings. The zero-order valence-corrected chi connectivity index (χ0v) is 16.3. The van der Waals surface area contributed by atoms with Crippen LogP contribution in [0.25, 0.3) is 0 Å². The normalized spacial score (nSPS) is 10.4. The third kappa shape index (κ3) is 11.2. The van der Waals surface area contributed by atoms with Gasteiger partial charge in [0.25, 0.3) is 0 Å². The number of rotatable bonds is 13. The molecule has 2 rings (SSSR count). The molecule has 0 spiro atoms. The molecule has 27 heavy (non-hydrogen) atoms. The standard InChI is InChI=1S/C24H32N2O/c1(8-16-24-17-9-11-19-26-24)3-12-20-27-21-13-4-2-10-18-25-22-23-14-6-5-7-15-23/h5-7,9,11,14-15,17,19,25H,1-4,10,12-13,18,20-22H2. The Hall–Kier alpha value is -2.15. The fourth-order valence-electron chi connectivity index (χ4n) is 2.75. The van der Waals surface area contributed by atoms with E-state index in [9.17, 15) is 0 Å². The lowest BCUT2D eigenvalue weighted by Gasteiger charge is -2.05. The molecule has 144 valence electrons. The van der Waals surface area contributed by atoms with Gasteiger partial charge >= 0.3 is 0 Å². The predicted octanol–water partition coefficient (Wildman–Crippen LogP) is 4.97. The Morgan fingerprint density at radius 1 is 0.815 bits per heavy atom. The maximum absolute atomic E-state index is 5.71. The maximum atomic E-state index is 5.71. The zero-order valence-electron chi connectivity index (χ0n) is 16.3. The summed E-state index contributed by atoms with van der Waals surface area (Å²) in [4.78, 5) is 4.19. The molecular weight excluding hydrogens is 332 g/mol. The Labute approximate surface area is 164 Å². The van der Waals surface area contributed by atoms with Gasteiger partial charge < -0.3 is 10.1 Å². The van der Waals surface area contributed by atoms with Gasteiger partial charge in [-0.3, -0.25) is 0 Å². The smallest absolute Gasteiger partial charge is 0.113 e. The van der Waals surface area contributed by atoms with Crippen molar-refractivity contribution >= 4 is 0 Å². The minimum absolute atomic E-state index is 0.851. The lowest BCUT2D eigenvalue weighted by atomic mass is 10.2. The van der Waals surface area contributed by atoms with Crippen molar-refractivity contribution in [3.8, 4) is 11.8 Å². The second-order valence-corrected chi connectivity index (χ2v) is 6.66. The van der Waals surface area contributed by atoms with Gasteiger partial charge in [-0.15, -0.1) is 0 Å². The summed E-state index contributed by atoms with van der Waals surface area (Å²) in [6.45, 7) is 3.80. The monoisotopic (exact) mass is 364 g/mol. The summed E-state index contributed by atoms with van der Waals surface area (Å²) in [7, 11) is 0. The van der Waals surface area contributed by atoms with Crippen LogP contribution in [0, 0.1) is 11.8 Å². The molecule has 0 amide bonds. The van der Waals surface area contributed by atoms with E-state index in [0.717, 1.165) is 57.7 Å². The van der Waals surface area contributed by atoms with Gasteiger partial charge in [0.05, 0.1) is 0 Å². The summed E-state index contributed by atoms with van der Waals surface area (Å²) in [6, 6.07) is 16.4. The first-order chi connectivity index (χ1) is 13.4. The van der Waals surface area contributed by atoms with Crippen molar-refractivity contribution in [3.63, 3.8) is 0 Å². The molecular formula is C24H32N2O. The fraction of sp³-hybridized carbons (Fsp3) is 0.458. The van der Waals surface area contributed by atoms with Crippen LogP contribution in [0.3, 0.4) is 0 Å². The van der Waals surface area contributed by atoms with Gasteiger partial charge in [0.1, 0.15) is 5.69 Å². The third-order valence-electron chi connectivity index (χ3n) is 4.29. The highest BCUT2D eigenvalue weighted by Gasteiger charge is 1.94. The number of ether oxygens (including phenoxy) is 1. The van der Waals surface area contributed by atoms with Gasteiger partial charge in [-0.1, -0.05) is 55.2 Å². The molecule has 3 nitrogen and oxygen atoms in total. The minimum Gasteiger partial charge on any atom is -0.381 e. The van der Waals surface area contributed by atoms with Gasteiger partial charge in [-0.25, -0.2) is 4.98 Å². The first kappa shape index (κ1) is 21.2. The quantitative estimate of drug-likeness (QED) is 0.402. The Morgan fingerprint density at radius 3 is 2.41 bits per heavy atom. The molecule has 0 aliphatic rings. The molecule has 3 heteroatoms. The number of hydrogen-bond acceptors (Lipinski definition) is 3. The van der Waals surface area contributed by atoms with E-state index in [2.05, 4.69) is 52.5 Å². The summed E-state index contributed by atoms with van der Waals surface area (Å²) in [5.74, 6) is 6.26. The van der Waals surface area contributed by atoms with Gasteiger partial charge in [0, 0.05) is 32.4 Å². The van der Waals surface area contributed by atoms with Crippen LogP contribution in [0.1, 0.15) is 56.2 Å². The highest BCUT2D eigenvalue weighted by molar-refractivity contribution is 5.26. The Morgan fingerprint density at radius 2 is 1.59 bits per heavy atom. The molecule has 0 radical (unpaired) electrons. The zero-order chi connectivity index (χ0) is 18.8. The van der Waals surface area contributed by atoms with E-state index < -0.39 is 0 Å². The van der Waals surface area contributed by atoms with E-state index in [0.29, 0.717) is 0 Å². The van der Waals surface area contributed by atoms with Crippen LogP contribution in [0.5, 0.6) is 0 Å². The van der Waals surface area contributed by atoms with E-state index in [1.807, 2.05) is 18.2 Å². The molecule has 1 heterocycles. The summed E-state index contributed by atoms with van der Waals surface area (Å²) < 4.78 is 5.71. The minimum atomic E-state index is 0.851. The van der Waals surface area contributed by atoms with Crippen LogP contribution >= 0.6 is 0 Å². The van der Waals surface area contributed by atoms with Crippen molar-refractivity contribution in [3.05, 3.63) is 66.0 Å². The Balaban J connectivity index is 1.31. The molecule has 0 saturated heterocycles. The summed E-state index contributed by atoms with van der Waals surface area (Å²) in [5, 5.41) is 3.50. The van der Waals surface area contributed by atoms with Crippen LogP contribution < -0.4 is 5.32 Å². The second-order valence-electron chi connectivity index (χ2n) is 6.66. The topological polar surface area (TPSA) is 34.1 Å². The number of benzene rings is 1. The summed E-state index contributed by atoms with van der Waals surface area (Å²) in [5.41, 5.74) is 2.21. The predicted molar refractivity (Wildman–Crippen MR) is 112 cm³/mol. The van der Waals surface area contributed by atoms with E-state index >= 15 is 0 Å². The van der Waals surface area contributed by atoms with E-state index in [1.54, 1.807) is 6.20 Å². The molecule has 1 aromatic heterocycles. The van der Waals surface area contributed by atoms with Crippen LogP contribution in [0.4, 0.5) is 0 Å². The first-order valence-corrected chi connectivity index (χ1v) is 10.2. The van der Waals surface area contributed by atoms with Crippen LogP contribution in [0.15, 0.2) is 54.7 Å². The highest BCUT2D eigenvalue weighted by Crippen LogP contribution is 2.02. The van der Waals surface area contributed by atoms with Gasteiger partial charge in [0.15, 0.2) is 0 Å². The van der Waals surface area contributed by atoms with E-state index in [1.165, 1.54) is 24.8 Å². The molecule has 0 aliphatic heterocycles. The van der Waals surface area contributed by atoms with Crippen molar-refractivity contribution in [1.82, 2.24) is 10.3 Å². The third-order valence-corrected chi connectivity index (χ3v) is 4.29. The molecule has 0 bridgehead atoms. The lowest BCUT2D eigenvalue weighted by Crippen LogP contribution is -2.14. The maximum Gasteiger partial charge on any atom is 0.113 e. The van der Waals surface area contributed by atoms with Crippen LogP contribution in [-0.2, 0) is 11.3 Å². The largest absolute Gasteiger partial charge is 0.381 e. The fourth-order valence-corrected chi connectivity index (χ4v) is 2.75. The first-order valence-electron chi connectivity index (χ1n) is 10.2. The van der Waals surface area contributed by atoms with Gasteiger partial charge in [0.2, 0.25) is 0 Å². The molecule has 0 unspecified atom stereocenters. The van der Waals surface area contributed by atoms with E-state index in [4.69, 9.17) is 4.74 Å². The van der Waals surface area contributed by atoms with Crippen molar-refractivity contribution in [2.75, 3.05) is 19.8 Å². The van der Waals surface area contributed by atoms with Gasteiger partial charge in [-0.05, 0) is 55.8 Å². The van der Waals surface area contributed by atoms with Crippen molar-refractivity contribution in [1.29, 1.82) is 0 Å². The number of pyridine rings is 1. The van der Waals surface area contributed by atoms with Crippen LogP contribution in [0.2, 0.25) is 0 Å². The van der Waals surface area contributed by atoms with Crippen LogP contribution in [-0.4, -0.2) is 24.7 Å². The molecule has 1 aromatic carbocycles. The Kier molecular flexibility index (Phi) is 11.7. The summed E-state index contributed by atoms with van der Waals surface area (Å²) in [6.07, 6.45) is 9.79. The lowest BCUT2D eigenvalue weighted by molar-refractivity contribution is 0.126. The number of unbranched alkanes of at least 4 members (excludes halogenated alkanes) is 5. The van der Waals surface area contributed by atoms with Gasteiger partial charge in [-0.2, -0.15) is 0 Å². The average Bonchev–Trinajstić information content (AvgIpc) is 2.72. The Bertz CT molecular complexity index is 646. The summed E-state index contributed by atoms with van der Waals surface area (Å²) >= 11 is 0. The number of nitrogens with one attached hydrogen (secondary N) is 1. The second kappa shape index (κ2) is 15.0. The molecule has 1 N–H and O–H groups in total. The number of nitrogens with zero attached hydrogens (tertiary/aromatic N) is 1. The molecule has 0 saturated carbocycles. The molecule has 0 aliphatic carbocycles. The molecule has 0 atom stereocenters. The van der Waals surface area contributed by atoms with Crippen molar-refractivity contribution in [2.24, 2.45) is 0 Å². The molecule has 2 aromatic rings. The SMILES string of the molecule is C(#Cc1ccccn1)CCCCOCCCCCCNCc1ccccc1. The van der Waals surface area contributed by atoms with Crippen molar-refractivity contribution < 1.29 is 4.74 Å². The van der Waals surface area contributed by atoms with Crippen molar-refractivity contribution in [2.45, 2.75) is 51.5 Å². The number of hydrogen-bond donors (Lipinski definition) is 1. The highest BCUT2D eigenvalue weighted by atomic mass is 16.5.